The van der Waals surface area contributed by atoms with E-state index in [0.29, 0.717) is 11.4 Å². The Balaban J connectivity index is 2.51. The Hall–Kier alpha value is -2.27. The van der Waals surface area contributed by atoms with E-state index in [-0.39, 0.29) is 22.0 Å². The lowest BCUT2D eigenvalue weighted by Crippen LogP contribution is -2.03. The van der Waals surface area contributed by atoms with E-state index in [2.05, 4.69) is 4.98 Å². The molecular weight excluding hydrogens is 268 g/mol. The number of rotatable bonds is 3. The fourth-order valence-corrected chi connectivity index (χ4v) is 1.83. The Morgan fingerprint density at radius 1 is 1.47 bits per heavy atom. The number of hydrogen-bond acceptors (Lipinski definition) is 4. The summed E-state index contributed by atoms with van der Waals surface area (Å²) in [5.41, 5.74) is 6.38. The van der Waals surface area contributed by atoms with Crippen molar-refractivity contribution >= 4 is 23.3 Å². The third-order valence-electron chi connectivity index (χ3n) is 2.47. The van der Waals surface area contributed by atoms with Gasteiger partial charge in [-0.05, 0) is 31.2 Å². The number of anilines is 1. The highest BCUT2D eigenvalue weighted by Crippen LogP contribution is 2.35. The molecule has 98 valence electrons. The molecule has 0 unspecified atom stereocenters. The van der Waals surface area contributed by atoms with Gasteiger partial charge < -0.3 is 15.6 Å². The molecule has 0 spiro atoms. The van der Waals surface area contributed by atoms with E-state index in [1.807, 2.05) is 0 Å². The zero-order valence-corrected chi connectivity index (χ0v) is 10.8. The second-order valence-electron chi connectivity index (χ2n) is 3.87. The summed E-state index contributed by atoms with van der Waals surface area (Å²) in [6, 6.07) is 6.11. The largest absolute Gasteiger partial charge is 0.478 e. The molecule has 3 N–H and O–H groups in total. The molecule has 0 aliphatic heterocycles. The number of nitrogens with two attached hydrogens (primary N) is 1. The van der Waals surface area contributed by atoms with Crippen molar-refractivity contribution in [3.63, 3.8) is 0 Å². The lowest BCUT2D eigenvalue weighted by Gasteiger charge is -2.12. The molecule has 0 saturated carbocycles. The molecule has 0 radical (unpaired) electrons. The van der Waals surface area contributed by atoms with E-state index >= 15 is 0 Å². The van der Waals surface area contributed by atoms with E-state index in [1.165, 1.54) is 12.1 Å². The summed E-state index contributed by atoms with van der Waals surface area (Å²) in [5.74, 6) is -0.665. The quantitative estimate of drug-likeness (QED) is 0.843. The highest BCUT2D eigenvalue weighted by Gasteiger charge is 2.17. The number of aromatic carboxylic acids is 1. The Morgan fingerprint density at radius 3 is 2.84 bits per heavy atom. The van der Waals surface area contributed by atoms with E-state index in [0.717, 1.165) is 0 Å². The molecule has 0 saturated heterocycles. The van der Waals surface area contributed by atoms with Crippen LogP contribution in [0, 0.1) is 6.92 Å². The molecule has 5 nitrogen and oxygen atoms in total. The third kappa shape index (κ3) is 2.77. The molecule has 1 aromatic carbocycles. The van der Waals surface area contributed by atoms with Crippen molar-refractivity contribution in [2.45, 2.75) is 6.92 Å². The number of carboxylic acids is 1. The van der Waals surface area contributed by atoms with E-state index in [9.17, 15) is 4.79 Å². The Morgan fingerprint density at radius 2 is 2.21 bits per heavy atom. The van der Waals surface area contributed by atoms with Crippen LogP contribution in [0.4, 0.5) is 5.69 Å². The van der Waals surface area contributed by atoms with Crippen molar-refractivity contribution in [1.29, 1.82) is 0 Å². The Bertz CT molecular complexity index is 644. The highest BCUT2D eigenvalue weighted by atomic mass is 35.5. The van der Waals surface area contributed by atoms with Crippen LogP contribution in [0.5, 0.6) is 11.5 Å². The van der Waals surface area contributed by atoms with Crippen molar-refractivity contribution in [3.05, 3.63) is 46.7 Å². The molecule has 0 aliphatic rings. The third-order valence-corrected chi connectivity index (χ3v) is 2.75. The maximum Gasteiger partial charge on any atom is 0.339 e. The second-order valence-corrected chi connectivity index (χ2v) is 4.28. The predicted octanol–water partition coefficient (Wildman–Crippen LogP) is 3.12. The standard InChI is InChI=1S/C13H11ClN2O3/c1-7-11(3-2-4-16-7)19-12-9(13(17)18)5-8(15)6-10(12)14/h2-6H,15H2,1H3,(H,17,18). The fraction of sp³-hybridized carbons (Fsp3) is 0.0769. The zero-order valence-electron chi connectivity index (χ0n) is 10.1. The summed E-state index contributed by atoms with van der Waals surface area (Å²) in [7, 11) is 0. The van der Waals surface area contributed by atoms with E-state index < -0.39 is 5.97 Å². The number of halogens is 1. The summed E-state index contributed by atoms with van der Waals surface area (Å²) in [6.45, 7) is 1.75. The van der Waals surface area contributed by atoms with Gasteiger partial charge in [0.1, 0.15) is 11.3 Å². The summed E-state index contributed by atoms with van der Waals surface area (Å²) < 4.78 is 5.56. The van der Waals surface area contributed by atoms with Gasteiger partial charge in [-0.25, -0.2) is 4.79 Å². The number of ether oxygens (including phenoxy) is 1. The lowest BCUT2D eigenvalue weighted by molar-refractivity contribution is 0.0694. The summed E-state index contributed by atoms with van der Waals surface area (Å²) in [4.78, 5) is 15.2. The number of aryl methyl sites for hydroxylation is 1. The van der Waals surface area contributed by atoms with Crippen molar-refractivity contribution in [2.24, 2.45) is 0 Å². The number of nitrogens with zero attached hydrogens (tertiary/aromatic N) is 1. The highest BCUT2D eigenvalue weighted by molar-refractivity contribution is 6.33. The lowest BCUT2D eigenvalue weighted by atomic mass is 10.1. The predicted molar refractivity (Wildman–Crippen MR) is 71.9 cm³/mol. The van der Waals surface area contributed by atoms with Crippen LogP contribution in [0.25, 0.3) is 0 Å². The first-order valence-corrected chi connectivity index (χ1v) is 5.78. The summed E-state index contributed by atoms with van der Waals surface area (Å²) in [6.07, 6.45) is 1.62. The Labute approximate surface area is 114 Å². The van der Waals surface area contributed by atoms with Gasteiger partial charge in [0.2, 0.25) is 0 Å². The van der Waals surface area contributed by atoms with Crippen LogP contribution in [-0.2, 0) is 0 Å². The van der Waals surface area contributed by atoms with Gasteiger partial charge in [0.15, 0.2) is 5.75 Å². The van der Waals surface area contributed by atoms with Gasteiger partial charge in [0.25, 0.3) is 0 Å². The second kappa shape index (κ2) is 5.16. The number of benzene rings is 1. The van der Waals surface area contributed by atoms with Crippen molar-refractivity contribution in [3.8, 4) is 11.5 Å². The SMILES string of the molecule is Cc1ncccc1Oc1c(Cl)cc(N)cc1C(=O)O. The van der Waals surface area contributed by atoms with Gasteiger partial charge in [-0.1, -0.05) is 11.6 Å². The maximum absolute atomic E-state index is 11.2. The van der Waals surface area contributed by atoms with Crippen molar-refractivity contribution in [2.75, 3.05) is 5.73 Å². The number of pyridine rings is 1. The minimum Gasteiger partial charge on any atom is -0.478 e. The summed E-state index contributed by atoms with van der Waals surface area (Å²) in [5, 5.41) is 9.29. The van der Waals surface area contributed by atoms with Crippen LogP contribution in [0.3, 0.4) is 0 Å². The number of aromatic nitrogens is 1. The molecule has 0 bridgehead atoms. The first-order valence-electron chi connectivity index (χ1n) is 5.41. The molecule has 2 aromatic rings. The van der Waals surface area contributed by atoms with Gasteiger partial charge in [0.05, 0.1) is 10.7 Å². The van der Waals surface area contributed by atoms with Crippen LogP contribution in [0.15, 0.2) is 30.5 Å². The maximum atomic E-state index is 11.2. The van der Waals surface area contributed by atoms with E-state index in [4.69, 9.17) is 27.2 Å². The molecular formula is C13H11ClN2O3. The van der Waals surface area contributed by atoms with E-state index in [1.54, 1.807) is 25.3 Å². The first-order chi connectivity index (χ1) is 8.99. The molecule has 0 amide bonds. The molecule has 0 fully saturated rings. The number of nitrogen functional groups attached to an aromatic ring is 1. The van der Waals surface area contributed by atoms with Gasteiger partial charge in [-0.3, -0.25) is 4.98 Å². The number of hydrogen-bond donors (Lipinski definition) is 2. The molecule has 2 rings (SSSR count). The average molecular weight is 279 g/mol. The van der Waals surface area contributed by atoms with Gasteiger partial charge in [-0.2, -0.15) is 0 Å². The fourth-order valence-electron chi connectivity index (χ4n) is 1.56. The minimum absolute atomic E-state index is 0.0551. The van der Waals surface area contributed by atoms with Crippen LogP contribution >= 0.6 is 11.6 Å². The molecule has 0 aliphatic carbocycles. The topological polar surface area (TPSA) is 85.4 Å². The normalized spacial score (nSPS) is 10.2. The number of carbonyl (C=O) groups is 1. The number of carboxylic acid groups (broad SMARTS) is 1. The van der Waals surface area contributed by atoms with Gasteiger partial charge in [-0.15, -0.1) is 0 Å². The molecule has 1 heterocycles. The Kier molecular flexibility index (Phi) is 3.57. The monoisotopic (exact) mass is 278 g/mol. The van der Waals surface area contributed by atoms with Crippen molar-refractivity contribution in [1.82, 2.24) is 4.98 Å². The van der Waals surface area contributed by atoms with Gasteiger partial charge in [0, 0.05) is 11.9 Å². The average Bonchev–Trinajstić information content (AvgIpc) is 2.34. The summed E-state index contributed by atoms with van der Waals surface area (Å²) >= 11 is 5.99. The van der Waals surface area contributed by atoms with Crippen LogP contribution in [-0.4, -0.2) is 16.1 Å². The van der Waals surface area contributed by atoms with Crippen LogP contribution in [0.1, 0.15) is 16.1 Å². The van der Waals surface area contributed by atoms with Crippen LogP contribution in [0.2, 0.25) is 5.02 Å². The smallest absolute Gasteiger partial charge is 0.339 e. The van der Waals surface area contributed by atoms with Gasteiger partial charge >= 0.3 is 5.97 Å². The molecule has 0 atom stereocenters. The minimum atomic E-state index is -1.16. The van der Waals surface area contributed by atoms with Crippen molar-refractivity contribution < 1.29 is 14.6 Å². The molecule has 1 aromatic heterocycles. The van der Waals surface area contributed by atoms with Crippen LogP contribution < -0.4 is 10.5 Å². The molecule has 19 heavy (non-hydrogen) atoms. The first kappa shape index (κ1) is 13.2. The zero-order chi connectivity index (χ0) is 14.0. The molecule has 6 heteroatoms.